The predicted octanol–water partition coefficient (Wildman–Crippen LogP) is 2.23. The van der Waals surface area contributed by atoms with Crippen molar-refractivity contribution in [2.75, 3.05) is 12.3 Å². The zero-order valence-electron chi connectivity index (χ0n) is 12.0. The van der Waals surface area contributed by atoms with Gasteiger partial charge in [0, 0.05) is 12.6 Å². The summed E-state index contributed by atoms with van der Waals surface area (Å²) in [5.74, 6) is -0.196. The Morgan fingerprint density at radius 1 is 1.48 bits per heavy atom. The first-order chi connectivity index (χ1) is 10.1. The molecule has 6 nitrogen and oxygen atoms in total. The van der Waals surface area contributed by atoms with Crippen molar-refractivity contribution < 1.29 is 14.3 Å². The second-order valence-electron chi connectivity index (χ2n) is 4.84. The van der Waals surface area contributed by atoms with Crippen LogP contribution in [-0.4, -0.2) is 33.6 Å². The van der Waals surface area contributed by atoms with Crippen molar-refractivity contribution in [3.05, 3.63) is 11.8 Å². The maximum Gasteiger partial charge on any atom is 0.343 e. The number of nitrogens with two attached hydrogens (primary N) is 1. The standard InChI is InChI=1S/C14H19N3O3S/c1-2-20-13(19)9-8-16-14(17-12(9)15)21-11-7-5-3-4-6-10(11)18/h8,11H,2-7H2,1H3,(H2,15,16,17). The van der Waals surface area contributed by atoms with Gasteiger partial charge in [-0.05, 0) is 19.8 Å². The van der Waals surface area contributed by atoms with E-state index in [2.05, 4.69) is 9.97 Å². The Labute approximate surface area is 127 Å². The van der Waals surface area contributed by atoms with E-state index < -0.39 is 5.97 Å². The van der Waals surface area contributed by atoms with Crippen LogP contribution in [-0.2, 0) is 9.53 Å². The summed E-state index contributed by atoms with van der Waals surface area (Å²) in [4.78, 5) is 31.8. The normalized spacial score (nSPS) is 19.1. The minimum atomic E-state index is -0.530. The molecule has 0 radical (unpaired) electrons. The summed E-state index contributed by atoms with van der Waals surface area (Å²) in [7, 11) is 0. The highest BCUT2D eigenvalue weighted by Crippen LogP contribution is 2.29. The minimum Gasteiger partial charge on any atom is -0.462 e. The fraction of sp³-hybridized carbons (Fsp3) is 0.571. The zero-order chi connectivity index (χ0) is 15.2. The van der Waals surface area contributed by atoms with Crippen LogP contribution in [0.5, 0.6) is 0 Å². The van der Waals surface area contributed by atoms with Crippen LogP contribution in [0.15, 0.2) is 11.4 Å². The highest BCUT2D eigenvalue weighted by atomic mass is 32.2. The van der Waals surface area contributed by atoms with Crippen molar-refractivity contribution in [1.82, 2.24) is 9.97 Å². The Hall–Kier alpha value is -1.63. The maximum atomic E-state index is 12.0. The zero-order valence-corrected chi connectivity index (χ0v) is 12.8. The lowest BCUT2D eigenvalue weighted by Gasteiger charge is -2.12. The quantitative estimate of drug-likeness (QED) is 0.517. The van der Waals surface area contributed by atoms with E-state index in [4.69, 9.17) is 10.5 Å². The highest BCUT2D eigenvalue weighted by Gasteiger charge is 2.23. The SMILES string of the molecule is CCOC(=O)c1cnc(SC2CCCCCC2=O)nc1N. The van der Waals surface area contributed by atoms with E-state index in [1.807, 2.05) is 0 Å². The fourth-order valence-corrected chi connectivity index (χ4v) is 3.23. The first-order valence-electron chi connectivity index (χ1n) is 7.10. The molecule has 1 atom stereocenters. The van der Waals surface area contributed by atoms with Crippen molar-refractivity contribution in [1.29, 1.82) is 0 Å². The van der Waals surface area contributed by atoms with Gasteiger partial charge in [0.05, 0.1) is 11.9 Å². The Morgan fingerprint density at radius 3 is 3.00 bits per heavy atom. The van der Waals surface area contributed by atoms with E-state index >= 15 is 0 Å². The number of nitrogens with zero attached hydrogens (tertiary/aromatic N) is 2. The molecule has 0 aliphatic heterocycles. The number of esters is 1. The van der Waals surface area contributed by atoms with Gasteiger partial charge in [0.2, 0.25) is 0 Å². The molecule has 21 heavy (non-hydrogen) atoms. The summed E-state index contributed by atoms with van der Waals surface area (Å²) in [6.07, 6.45) is 5.92. The fourth-order valence-electron chi connectivity index (χ4n) is 2.18. The lowest BCUT2D eigenvalue weighted by atomic mass is 10.2. The third-order valence-electron chi connectivity index (χ3n) is 3.29. The van der Waals surface area contributed by atoms with Gasteiger partial charge in [-0.2, -0.15) is 0 Å². The van der Waals surface area contributed by atoms with E-state index in [1.165, 1.54) is 18.0 Å². The van der Waals surface area contributed by atoms with Gasteiger partial charge >= 0.3 is 5.97 Å². The van der Waals surface area contributed by atoms with Crippen molar-refractivity contribution in [2.24, 2.45) is 0 Å². The van der Waals surface area contributed by atoms with E-state index in [0.29, 0.717) is 11.6 Å². The molecule has 1 aromatic heterocycles. The Balaban J connectivity index is 2.09. The van der Waals surface area contributed by atoms with Gasteiger partial charge in [0.25, 0.3) is 0 Å². The molecule has 0 aromatic carbocycles. The molecule has 1 heterocycles. The Morgan fingerprint density at radius 2 is 2.29 bits per heavy atom. The number of ketones is 1. The first kappa shape index (κ1) is 15.8. The number of hydrogen-bond acceptors (Lipinski definition) is 7. The number of nitrogen functional groups attached to an aromatic ring is 1. The molecule has 1 unspecified atom stereocenters. The molecule has 1 saturated carbocycles. The van der Waals surface area contributed by atoms with Crippen molar-refractivity contribution in [3.63, 3.8) is 0 Å². The van der Waals surface area contributed by atoms with Crippen molar-refractivity contribution in [2.45, 2.75) is 49.4 Å². The molecular formula is C14H19N3O3S. The van der Waals surface area contributed by atoms with Crippen LogP contribution in [0.1, 0.15) is 49.4 Å². The van der Waals surface area contributed by atoms with Gasteiger partial charge in [-0.25, -0.2) is 14.8 Å². The van der Waals surface area contributed by atoms with Gasteiger partial charge in [-0.1, -0.05) is 24.6 Å². The first-order valence-corrected chi connectivity index (χ1v) is 7.98. The van der Waals surface area contributed by atoms with E-state index in [0.717, 1.165) is 25.7 Å². The average molecular weight is 309 g/mol. The molecule has 0 spiro atoms. The molecule has 1 aliphatic rings. The molecule has 0 amide bonds. The Kier molecular flexibility index (Phi) is 5.55. The number of thioether (sulfide) groups is 1. The Bertz CT molecular complexity index is 536. The van der Waals surface area contributed by atoms with E-state index in [1.54, 1.807) is 6.92 Å². The van der Waals surface area contributed by atoms with Crippen LogP contribution >= 0.6 is 11.8 Å². The smallest absolute Gasteiger partial charge is 0.343 e. The number of hydrogen-bond donors (Lipinski definition) is 1. The van der Waals surface area contributed by atoms with Gasteiger partial charge in [0.1, 0.15) is 17.2 Å². The van der Waals surface area contributed by atoms with Crippen LogP contribution in [0.4, 0.5) is 5.82 Å². The summed E-state index contributed by atoms with van der Waals surface area (Å²) in [5, 5.41) is 0.321. The number of anilines is 1. The molecule has 0 bridgehead atoms. The van der Waals surface area contributed by atoms with Crippen LogP contribution < -0.4 is 5.73 Å². The van der Waals surface area contributed by atoms with Crippen molar-refractivity contribution >= 4 is 29.3 Å². The van der Waals surface area contributed by atoms with Gasteiger partial charge in [0.15, 0.2) is 5.16 Å². The highest BCUT2D eigenvalue weighted by molar-refractivity contribution is 8.00. The molecule has 1 fully saturated rings. The van der Waals surface area contributed by atoms with Crippen LogP contribution in [0.2, 0.25) is 0 Å². The number of ether oxygens (including phenoxy) is 1. The van der Waals surface area contributed by atoms with Crippen LogP contribution in [0.3, 0.4) is 0 Å². The van der Waals surface area contributed by atoms with Crippen LogP contribution in [0, 0.1) is 0 Å². The molecule has 7 heteroatoms. The number of carbonyl (C=O) groups is 2. The number of aromatic nitrogens is 2. The molecule has 2 N–H and O–H groups in total. The lowest BCUT2D eigenvalue weighted by Crippen LogP contribution is -2.16. The average Bonchev–Trinajstić information content (AvgIpc) is 2.64. The van der Waals surface area contributed by atoms with E-state index in [-0.39, 0.29) is 29.0 Å². The third kappa shape index (κ3) is 4.17. The molecule has 1 aliphatic carbocycles. The molecule has 114 valence electrons. The van der Waals surface area contributed by atoms with E-state index in [9.17, 15) is 9.59 Å². The van der Waals surface area contributed by atoms with Crippen LogP contribution in [0.25, 0.3) is 0 Å². The number of rotatable bonds is 4. The molecule has 0 saturated heterocycles. The summed E-state index contributed by atoms with van der Waals surface area (Å²) in [5.41, 5.74) is 5.93. The molecular weight excluding hydrogens is 290 g/mol. The maximum absolute atomic E-state index is 12.0. The van der Waals surface area contributed by atoms with Gasteiger partial charge in [-0.3, -0.25) is 4.79 Å². The summed E-state index contributed by atoms with van der Waals surface area (Å²) < 4.78 is 4.87. The summed E-state index contributed by atoms with van der Waals surface area (Å²) >= 11 is 1.33. The second-order valence-corrected chi connectivity index (χ2v) is 6.01. The number of Topliss-reactive ketones (excluding diaryl/α,β-unsaturated/α-hetero) is 1. The second kappa shape index (κ2) is 7.40. The topological polar surface area (TPSA) is 95.2 Å². The van der Waals surface area contributed by atoms with Gasteiger partial charge < -0.3 is 10.5 Å². The predicted molar refractivity (Wildman–Crippen MR) is 80.1 cm³/mol. The largest absolute Gasteiger partial charge is 0.462 e. The molecule has 2 rings (SSSR count). The minimum absolute atomic E-state index is 0.0898. The number of carbonyl (C=O) groups excluding carboxylic acids is 2. The molecule has 1 aromatic rings. The summed E-state index contributed by atoms with van der Waals surface area (Å²) in [6, 6.07) is 0. The van der Waals surface area contributed by atoms with Crippen molar-refractivity contribution in [3.8, 4) is 0 Å². The monoisotopic (exact) mass is 309 g/mol. The third-order valence-corrected chi connectivity index (χ3v) is 4.48. The van der Waals surface area contributed by atoms with Gasteiger partial charge in [-0.15, -0.1) is 0 Å². The summed E-state index contributed by atoms with van der Waals surface area (Å²) in [6.45, 7) is 1.99. The lowest BCUT2D eigenvalue weighted by molar-refractivity contribution is -0.118.